The number of likely N-dealkylation sites (N-methyl/N-ethyl adjacent to an activating group) is 1. The summed E-state index contributed by atoms with van der Waals surface area (Å²) < 4.78 is 0. The lowest BCUT2D eigenvalue weighted by Gasteiger charge is -2.43. The molecule has 1 heteroatoms. The second-order valence-electron chi connectivity index (χ2n) is 7.15. The summed E-state index contributed by atoms with van der Waals surface area (Å²) in [5.41, 5.74) is 4.41. The summed E-state index contributed by atoms with van der Waals surface area (Å²) in [7, 11) is 2.34. The van der Waals surface area contributed by atoms with Gasteiger partial charge in [0.2, 0.25) is 0 Å². The minimum Gasteiger partial charge on any atom is -0.300 e. The van der Waals surface area contributed by atoms with E-state index in [1.807, 2.05) is 0 Å². The first-order chi connectivity index (χ1) is 10.7. The van der Waals surface area contributed by atoms with Gasteiger partial charge in [0.05, 0.1) is 0 Å². The van der Waals surface area contributed by atoms with Crippen LogP contribution in [0, 0.1) is 6.92 Å². The van der Waals surface area contributed by atoms with Crippen LogP contribution < -0.4 is 0 Å². The van der Waals surface area contributed by atoms with Crippen molar-refractivity contribution in [1.29, 1.82) is 0 Å². The summed E-state index contributed by atoms with van der Waals surface area (Å²) in [6.07, 6.45) is 4.02. The predicted octanol–water partition coefficient (Wildman–Crippen LogP) is 4.73. The highest BCUT2D eigenvalue weighted by Crippen LogP contribution is 2.50. The Hall–Kier alpha value is -1.60. The van der Waals surface area contributed by atoms with Gasteiger partial charge in [0.1, 0.15) is 0 Å². The quantitative estimate of drug-likeness (QED) is 0.773. The molecule has 2 fully saturated rings. The third kappa shape index (κ3) is 2.28. The Labute approximate surface area is 134 Å². The number of nitrogens with zero attached hydrogens (tertiary/aromatic N) is 1. The largest absolute Gasteiger partial charge is 0.300 e. The lowest BCUT2D eigenvalue weighted by Crippen LogP contribution is -2.44. The maximum Gasteiger partial charge on any atom is 0.0170 e. The highest BCUT2D eigenvalue weighted by Gasteiger charge is 2.46. The zero-order valence-corrected chi connectivity index (χ0v) is 13.6. The Morgan fingerprint density at radius 2 is 1.59 bits per heavy atom. The van der Waals surface area contributed by atoms with Crippen molar-refractivity contribution in [2.24, 2.45) is 0 Å². The highest BCUT2D eigenvalue weighted by molar-refractivity contribution is 5.34. The van der Waals surface area contributed by atoms with Gasteiger partial charge in [-0.05, 0) is 50.3 Å². The van der Waals surface area contributed by atoms with Gasteiger partial charge in [-0.1, -0.05) is 60.2 Å². The van der Waals surface area contributed by atoms with Crippen LogP contribution in [0.2, 0.25) is 0 Å². The molecule has 22 heavy (non-hydrogen) atoms. The molecule has 2 aromatic rings. The first-order valence-electron chi connectivity index (χ1n) is 8.57. The van der Waals surface area contributed by atoms with Crippen LogP contribution in [0.15, 0.2) is 54.6 Å². The molecule has 1 nitrogen and oxygen atoms in total. The maximum atomic E-state index is 2.66. The van der Waals surface area contributed by atoms with E-state index in [2.05, 4.69) is 73.5 Å². The van der Waals surface area contributed by atoms with Crippen LogP contribution in [-0.2, 0) is 0 Å². The predicted molar refractivity (Wildman–Crippen MR) is 92.3 cm³/mol. The van der Waals surface area contributed by atoms with E-state index in [1.165, 1.54) is 36.0 Å². The summed E-state index contributed by atoms with van der Waals surface area (Å²) in [4.78, 5) is 2.66. The summed E-state index contributed by atoms with van der Waals surface area (Å²) >= 11 is 0. The number of piperidine rings is 1. The normalized spacial score (nSPS) is 31.4. The van der Waals surface area contributed by atoms with E-state index in [1.54, 1.807) is 0 Å². The first-order valence-corrected chi connectivity index (χ1v) is 8.57. The Morgan fingerprint density at radius 1 is 0.864 bits per heavy atom. The van der Waals surface area contributed by atoms with E-state index in [-0.39, 0.29) is 0 Å². The third-order valence-corrected chi connectivity index (χ3v) is 5.96. The average Bonchev–Trinajstić information content (AvgIpc) is 2.79. The minimum absolute atomic E-state index is 0.632. The second-order valence-corrected chi connectivity index (χ2v) is 7.15. The van der Waals surface area contributed by atoms with Gasteiger partial charge in [-0.15, -0.1) is 0 Å². The highest BCUT2D eigenvalue weighted by atomic mass is 15.2. The van der Waals surface area contributed by atoms with E-state index >= 15 is 0 Å². The van der Waals surface area contributed by atoms with Crippen LogP contribution in [0.1, 0.15) is 47.8 Å². The number of hydrogen-bond donors (Lipinski definition) is 0. The SMILES string of the molecule is Cc1ccc(C2C[C@H]3CCC([C@H]2c2ccccc2)N3C)cc1. The topological polar surface area (TPSA) is 3.24 Å². The van der Waals surface area contributed by atoms with Gasteiger partial charge in [0.15, 0.2) is 0 Å². The molecule has 0 aliphatic carbocycles. The lowest BCUT2D eigenvalue weighted by atomic mass is 9.73. The number of benzene rings is 2. The van der Waals surface area contributed by atoms with E-state index in [0.29, 0.717) is 17.9 Å². The van der Waals surface area contributed by atoms with Crippen molar-refractivity contribution in [2.45, 2.75) is 50.1 Å². The van der Waals surface area contributed by atoms with E-state index in [0.717, 1.165) is 6.04 Å². The maximum absolute atomic E-state index is 2.66. The molecule has 2 aromatic carbocycles. The number of fused-ring (bicyclic) bond motifs is 2. The molecule has 0 saturated carbocycles. The van der Waals surface area contributed by atoms with E-state index in [9.17, 15) is 0 Å². The zero-order chi connectivity index (χ0) is 15.1. The van der Waals surface area contributed by atoms with Gasteiger partial charge in [-0.25, -0.2) is 0 Å². The molecular formula is C21H25N. The van der Waals surface area contributed by atoms with Gasteiger partial charge in [-0.3, -0.25) is 4.90 Å². The monoisotopic (exact) mass is 291 g/mol. The number of hydrogen-bond acceptors (Lipinski definition) is 1. The summed E-state index contributed by atoms with van der Waals surface area (Å²) in [6.45, 7) is 2.18. The van der Waals surface area contributed by atoms with Crippen LogP contribution in [0.5, 0.6) is 0 Å². The lowest BCUT2D eigenvalue weighted by molar-refractivity contribution is 0.137. The van der Waals surface area contributed by atoms with Crippen LogP contribution in [-0.4, -0.2) is 24.0 Å². The zero-order valence-electron chi connectivity index (χ0n) is 13.6. The molecule has 0 spiro atoms. The van der Waals surface area contributed by atoms with Crippen molar-refractivity contribution in [3.05, 3.63) is 71.3 Å². The fourth-order valence-electron chi connectivity index (χ4n) is 4.75. The Morgan fingerprint density at radius 3 is 2.32 bits per heavy atom. The molecule has 0 radical (unpaired) electrons. The molecule has 4 rings (SSSR count). The molecule has 0 amide bonds. The standard InChI is InChI=1S/C21H25N/c1-15-8-10-16(11-9-15)19-14-18-12-13-20(22(18)2)21(19)17-6-4-3-5-7-17/h3-11,18-21H,12-14H2,1-2H3/t18-,19?,20?,21+/m1/s1. The minimum atomic E-state index is 0.632. The number of rotatable bonds is 2. The second kappa shape index (κ2) is 5.55. The molecule has 2 unspecified atom stereocenters. The van der Waals surface area contributed by atoms with Gasteiger partial charge >= 0.3 is 0 Å². The number of aryl methyl sites for hydroxylation is 1. The molecule has 2 bridgehead atoms. The van der Waals surface area contributed by atoms with Crippen molar-refractivity contribution < 1.29 is 0 Å². The van der Waals surface area contributed by atoms with Gasteiger partial charge in [-0.2, -0.15) is 0 Å². The molecule has 2 heterocycles. The smallest absolute Gasteiger partial charge is 0.0170 e. The molecule has 2 saturated heterocycles. The summed E-state index contributed by atoms with van der Waals surface area (Å²) in [5.74, 6) is 1.30. The Balaban J connectivity index is 1.76. The van der Waals surface area contributed by atoms with Gasteiger partial charge in [0.25, 0.3) is 0 Å². The molecule has 4 atom stereocenters. The summed E-state index contributed by atoms with van der Waals surface area (Å²) in [6, 6.07) is 21.9. The Bertz CT molecular complexity index is 631. The van der Waals surface area contributed by atoms with Gasteiger partial charge in [0, 0.05) is 18.0 Å². The first kappa shape index (κ1) is 14.0. The van der Waals surface area contributed by atoms with Crippen molar-refractivity contribution in [2.75, 3.05) is 7.05 Å². The van der Waals surface area contributed by atoms with Crippen molar-refractivity contribution >= 4 is 0 Å². The molecule has 2 aliphatic rings. The van der Waals surface area contributed by atoms with E-state index < -0.39 is 0 Å². The average molecular weight is 291 g/mol. The molecule has 0 N–H and O–H groups in total. The fraction of sp³-hybridized carbons (Fsp3) is 0.429. The van der Waals surface area contributed by atoms with Crippen LogP contribution >= 0.6 is 0 Å². The third-order valence-electron chi connectivity index (χ3n) is 5.96. The fourth-order valence-corrected chi connectivity index (χ4v) is 4.75. The molecule has 2 aliphatic heterocycles. The van der Waals surface area contributed by atoms with Crippen LogP contribution in [0.25, 0.3) is 0 Å². The van der Waals surface area contributed by atoms with Crippen molar-refractivity contribution in [3.8, 4) is 0 Å². The Kier molecular flexibility index (Phi) is 3.54. The van der Waals surface area contributed by atoms with Crippen LogP contribution in [0.3, 0.4) is 0 Å². The molecular weight excluding hydrogens is 266 g/mol. The van der Waals surface area contributed by atoms with Crippen molar-refractivity contribution in [1.82, 2.24) is 4.90 Å². The molecule has 114 valence electrons. The van der Waals surface area contributed by atoms with Gasteiger partial charge < -0.3 is 0 Å². The van der Waals surface area contributed by atoms with Crippen LogP contribution in [0.4, 0.5) is 0 Å². The summed E-state index contributed by atoms with van der Waals surface area (Å²) in [5, 5.41) is 0. The van der Waals surface area contributed by atoms with Crippen molar-refractivity contribution in [3.63, 3.8) is 0 Å². The van der Waals surface area contributed by atoms with E-state index in [4.69, 9.17) is 0 Å². The molecule has 0 aromatic heterocycles.